The average Bonchev–Trinajstić information content (AvgIpc) is 3.29. The van der Waals surface area contributed by atoms with Crippen LogP contribution in [0.1, 0.15) is 38.6 Å². The fourth-order valence-corrected chi connectivity index (χ4v) is 3.57. The Kier molecular flexibility index (Phi) is 9.14. The van der Waals surface area contributed by atoms with E-state index in [9.17, 15) is 0 Å². The number of para-hydroxylation sites is 1. The third-order valence-electron chi connectivity index (χ3n) is 5.32. The van der Waals surface area contributed by atoms with E-state index in [4.69, 9.17) is 0 Å². The monoisotopic (exact) mass is 461 g/mol. The van der Waals surface area contributed by atoms with Crippen molar-refractivity contribution in [3.63, 3.8) is 0 Å². The maximum absolute atomic E-state index is 4.62. The van der Waals surface area contributed by atoms with Gasteiger partial charge in [0.15, 0.2) is 11.6 Å². The number of rotatable bonds is 10. The fraction of sp³-hybridized carbons (Fsp3) is 0.188. The molecule has 0 N–H and O–H groups in total. The highest BCUT2D eigenvalue weighted by Crippen LogP contribution is 2.28. The minimum Gasteiger partial charge on any atom is -0.275 e. The number of hydrogen-bond donors (Lipinski definition) is 0. The lowest BCUT2D eigenvalue weighted by molar-refractivity contribution is 0.420. The molecule has 0 saturated heterocycles. The lowest BCUT2D eigenvalue weighted by Crippen LogP contribution is -2.03. The van der Waals surface area contributed by atoms with Crippen molar-refractivity contribution >= 4 is 5.57 Å². The molecule has 3 rings (SSSR count). The topological polar surface area (TPSA) is 30.7 Å². The third-order valence-corrected chi connectivity index (χ3v) is 5.32. The number of aromatic nitrogens is 3. The van der Waals surface area contributed by atoms with Crippen molar-refractivity contribution in [3.05, 3.63) is 134 Å². The van der Waals surface area contributed by atoms with Crippen LogP contribution in [0, 0.1) is 5.41 Å². The van der Waals surface area contributed by atoms with E-state index in [1.165, 1.54) is 5.56 Å². The van der Waals surface area contributed by atoms with E-state index in [1.54, 1.807) is 12.2 Å². The summed E-state index contributed by atoms with van der Waals surface area (Å²) in [4.78, 5) is 0. The molecule has 1 aromatic heterocycles. The van der Waals surface area contributed by atoms with Crippen LogP contribution in [0.2, 0.25) is 0 Å². The van der Waals surface area contributed by atoms with Crippen LogP contribution in [0.25, 0.3) is 22.6 Å². The molecule has 0 amide bonds. The van der Waals surface area contributed by atoms with Crippen LogP contribution in [-0.2, 0) is 6.42 Å². The first-order chi connectivity index (χ1) is 16.9. The second-order valence-electron chi connectivity index (χ2n) is 9.49. The van der Waals surface area contributed by atoms with E-state index < -0.39 is 0 Å². The zero-order valence-corrected chi connectivity index (χ0v) is 21.1. The number of hydrogen-bond acceptors (Lipinski definition) is 2. The van der Waals surface area contributed by atoms with Crippen molar-refractivity contribution in [3.8, 4) is 17.1 Å². The van der Waals surface area contributed by atoms with Crippen molar-refractivity contribution < 1.29 is 0 Å². The van der Waals surface area contributed by atoms with Crippen molar-refractivity contribution in [2.45, 2.75) is 33.6 Å². The van der Waals surface area contributed by atoms with Gasteiger partial charge in [0.25, 0.3) is 0 Å². The van der Waals surface area contributed by atoms with Gasteiger partial charge in [0.05, 0.1) is 0 Å². The van der Waals surface area contributed by atoms with Crippen molar-refractivity contribution in [2.75, 3.05) is 0 Å². The molecule has 35 heavy (non-hydrogen) atoms. The maximum atomic E-state index is 4.62. The van der Waals surface area contributed by atoms with Crippen LogP contribution in [0.15, 0.2) is 122 Å². The van der Waals surface area contributed by atoms with Gasteiger partial charge in [-0.15, -0.1) is 10.2 Å². The summed E-state index contributed by atoms with van der Waals surface area (Å²) in [6, 6.07) is 18.8. The molecule has 1 heterocycles. The highest BCUT2D eigenvalue weighted by Gasteiger charge is 2.17. The van der Waals surface area contributed by atoms with Gasteiger partial charge in [0.1, 0.15) is 0 Å². The predicted octanol–water partition coefficient (Wildman–Crippen LogP) is 8.34. The zero-order valence-electron chi connectivity index (χ0n) is 21.1. The molecule has 0 aliphatic heterocycles. The molecule has 0 saturated carbocycles. The molecule has 3 heteroatoms. The van der Waals surface area contributed by atoms with Crippen molar-refractivity contribution in [2.24, 2.45) is 5.41 Å². The lowest BCUT2D eigenvalue weighted by atomic mass is 9.92. The Morgan fingerprint density at radius 1 is 0.857 bits per heavy atom. The Balaban J connectivity index is 1.99. The maximum Gasteiger partial charge on any atom is 0.168 e. The van der Waals surface area contributed by atoms with E-state index in [0.717, 1.165) is 41.3 Å². The summed E-state index contributed by atoms with van der Waals surface area (Å²) in [6.07, 6.45) is 19.8. The SMILES string of the molecule is C=C/C=C\C=C/Cc1ccc(-c2nnc(C(/C=C\CC(C)(C)C)=C/C=C)n2-c2ccccc2)cc1. The van der Waals surface area contributed by atoms with Crippen molar-refractivity contribution in [1.29, 1.82) is 0 Å². The van der Waals surface area contributed by atoms with Gasteiger partial charge in [-0.1, -0.05) is 131 Å². The molecule has 0 bridgehead atoms. The zero-order chi connectivity index (χ0) is 25.1. The van der Waals surface area contributed by atoms with Gasteiger partial charge in [-0.25, -0.2) is 0 Å². The van der Waals surface area contributed by atoms with E-state index >= 15 is 0 Å². The molecule has 0 aliphatic carbocycles. The molecule has 0 spiro atoms. The Morgan fingerprint density at radius 2 is 1.60 bits per heavy atom. The van der Waals surface area contributed by atoms with Gasteiger partial charge in [0, 0.05) is 16.8 Å². The van der Waals surface area contributed by atoms with Crippen LogP contribution in [0.5, 0.6) is 0 Å². The van der Waals surface area contributed by atoms with E-state index in [0.29, 0.717) is 0 Å². The summed E-state index contributed by atoms with van der Waals surface area (Å²) in [5.41, 5.74) is 4.46. The van der Waals surface area contributed by atoms with Crippen LogP contribution in [0.4, 0.5) is 0 Å². The first-order valence-corrected chi connectivity index (χ1v) is 12.0. The molecule has 0 unspecified atom stereocenters. The van der Waals surface area contributed by atoms with Gasteiger partial charge in [0.2, 0.25) is 0 Å². The Hall–Kier alpha value is -3.98. The van der Waals surface area contributed by atoms with E-state index in [2.05, 4.69) is 103 Å². The van der Waals surface area contributed by atoms with Crippen LogP contribution < -0.4 is 0 Å². The normalized spacial score (nSPS) is 12.7. The van der Waals surface area contributed by atoms with Gasteiger partial charge in [-0.3, -0.25) is 4.57 Å². The second-order valence-corrected chi connectivity index (χ2v) is 9.49. The molecule has 2 aromatic carbocycles. The Morgan fingerprint density at radius 3 is 2.26 bits per heavy atom. The first-order valence-electron chi connectivity index (χ1n) is 12.0. The van der Waals surface area contributed by atoms with Crippen molar-refractivity contribution in [1.82, 2.24) is 14.8 Å². The summed E-state index contributed by atoms with van der Waals surface area (Å²) >= 11 is 0. The standard InChI is InChI=1S/C32H35N3/c1-6-8-9-10-12-17-26-21-23-28(24-22-26)31-34-33-30(35(31)29-19-13-11-14-20-29)27(16-7-2)18-15-25-32(3,4)5/h6-16,18-24H,1-2,17,25H2,3-5H3/b9-8-,12-10-,18-15-,27-16+. The summed E-state index contributed by atoms with van der Waals surface area (Å²) in [5.74, 6) is 1.60. The molecule has 3 aromatic rings. The molecular formula is C32H35N3. The van der Waals surface area contributed by atoms with Gasteiger partial charge < -0.3 is 0 Å². The van der Waals surface area contributed by atoms with Gasteiger partial charge in [-0.05, 0) is 36.0 Å². The Labute approximate surface area is 210 Å². The fourth-order valence-electron chi connectivity index (χ4n) is 3.57. The summed E-state index contributed by atoms with van der Waals surface area (Å²) in [7, 11) is 0. The molecule has 0 atom stereocenters. The van der Waals surface area contributed by atoms with Gasteiger partial charge in [-0.2, -0.15) is 0 Å². The molecule has 178 valence electrons. The highest BCUT2D eigenvalue weighted by atomic mass is 15.3. The van der Waals surface area contributed by atoms with Crippen LogP contribution in [0.3, 0.4) is 0 Å². The minimum absolute atomic E-state index is 0.215. The minimum atomic E-state index is 0.215. The molecule has 3 nitrogen and oxygen atoms in total. The number of benzene rings is 2. The van der Waals surface area contributed by atoms with E-state index in [1.807, 2.05) is 42.5 Å². The number of allylic oxidation sites excluding steroid dienone is 10. The summed E-state index contributed by atoms with van der Waals surface area (Å²) in [6.45, 7) is 14.3. The smallest absolute Gasteiger partial charge is 0.168 e. The van der Waals surface area contributed by atoms with Crippen LogP contribution >= 0.6 is 0 Å². The Bertz CT molecular complexity index is 1230. The highest BCUT2D eigenvalue weighted by molar-refractivity contribution is 5.74. The van der Waals surface area contributed by atoms with E-state index in [-0.39, 0.29) is 5.41 Å². The summed E-state index contributed by atoms with van der Waals surface area (Å²) in [5, 5.41) is 9.24. The van der Waals surface area contributed by atoms with Crippen LogP contribution in [-0.4, -0.2) is 14.8 Å². The third kappa shape index (κ3) is 7.51. The largest absolute Gasteiger partial charge is 0.275 e. The molecule has 0 fully saturated rings. The predicted molar refractivity (Wildman–Crippen MR) is 150 cm³/mol. The second kappa shape index (κ2) is 12.5. The molecule has 0 radical (unpaired) electrons. The first kappa shape index (κ1) is 25.6. The molecule has 0 aliphatic rings. The average molecular weight is 462 g/mol. The number of nitrogens with zero attached hydrogens (tertiary/aromatic N) is 3. The quantitative estimate of drug-likeness (QED) is 0.284. The van der Waals surface area contributed by atoms with Gasteiger partial charge >= 0.3 is 0 Å². The summed E-state index contributed by atoms with van der Waals surface area (Å²) < 4.78 is 2.12. The lowest BCUT2D eigenvalue weighted by Gasteiger charge is -2.15. The molecular weight excluding hydrogens is 426 g/mol.